The second-order valence-corrected chi connectivity index (χ2v) is 6.07. The van der Waals surface area contributed by atoms with E-state index in [1.54, 1.807) is 6.20 Å². The lowest BCUT2D eigenvalue weighted by molar-refractivity contribution is 0.100. The van der Waals surface area contributed by atoms with Crippen LogP contribution in [0.25, 0.3) is 27.5 Å². The van der Waals surface area contributed by atoms with Crippen LogP contribution in [0.1, 0.15) is 16.1 Å². The first kappa shape index (κ1) is 15.8. The number of nitrogens with two attached hydrogens (primary N) is 2. The number of carbonyl (C=O) groups excluding carboxylic acids is 1. The number of hydrogen-bond acceptors (Lipinski definition) is 2. The van der Waals surface area contributed by atoms with Crippen LogP contribution in [-0.4, -0.2) is 21.4 Å². The molecule has 6 nitrogen and oxygen atoms in total. The summed E-state index contributed by atoms with van der Waals surface area (Å²) in [6.45, 7) is 1.95. The number of fused-ring (bicyclic) bond motifs is 2. The third kappa shape index (κ3) is 2.57. The van der Waals surface area contributed by atoms with Gasteiger partial charge in [0.2, 0.25) is 0 Å². The Kier molecular flexibility index (Phi) is 3.65. The Morgan fingerprint density at radius 1 is 1.04 bits per heavy atom. The van der Waals surface area contributed by atoms with Crippen LogP contribution in [0.2, 0.25) is 0 Å². The van der Waals surface area contributed by atoms with Crippen LogP contribution in [0.3, 0.4) is 0 Å². The SMILES string of the molecule is Cc1cc(-n2cc(C(=O)N=C(N)N)c3ccccc32)c2ccccc2n1. The van der Waals surface area contributed by atoms with E-state index < -0.39 is 5.91 Å². The number of aromatic nitrogens is 2. The third-order valence-electron chi connectivity index (χ3n) is 4.25. The van der Waals surface area contributed by atoms with E-state index in [1.807, 2.05) is 66.1 Å². The molecule has 0 saturated carbocycles. The molecule has 4 aromatic rings. The van der Waals surface area contributed by atoms with Crippen LogP contribution in [0.4, 0.5) is 0 Å². The second kappa shape index (κ2) is 6.00. The molecule has 0 saturated heterocycles. The highest BCUT2D eigenvalue weighted by Crippen LogP contribution is 2.29. The van der Waals surface area contributed by atoms with Crippen molar-refractivity contribution in [2.45, 2.75) is 6.92 Å². The first-order valence-electron chi connectivity index (χ1n) is 8.15. The fourth-order valence-electron chi connectivity index (χ4n) is 3.21. The minimum Gasteiger partial charge on any atom is -0.370 e. The molecule has 4 N–H and O–H groups in total. The molecule has 0 atom stereocenters. The molecule has 4 rings (SSSR count). The van der Waals surface area contributed by atoms with Crippen molar-refractivity contribution < 1.29 is 4.79 Å². The molecule has 1 amide bonds. The molecule has 0 aliphatic carbocycles. The molecule has 0 fully saturated rings. The number of amides is 1. The molecule has 0 radical (unpaired) electrons. The Morgan fingerprint density at radius 2 is 1.73 bits per heavy atom. The molecule has 0 aliphatic heterocycles. The van der Waals surface area contributed by atoms with Gasteiger partial charge < -0.3 is 16.0 Å². The quantitative estimate of drug-likeness (QED) is 0.432. The number of hydrogen-bond donors (Lipinski definition) is 2. The van der Waals surface area contributed by atoms with Crippen LogP contribution in [-0.2, 0) is 0 Å². The molecule has 2 aromatic heterocycles. The summed E-state index contributed by atoms with van der Waals surface area (Å²) in [6.07, 6.45) is 1.78. The van der Waals surface area contributed by atoms with Crippen molar-refractivity contribution in [1.29, 1.82) is 0 Å². The molecule has 0 bridgehead atoms. The Hall–Kier alpha value is -3.67. The highest BCUT2D eigenvalue weighted by molar-refractivity contribution is 6.11. The minimum absolute atomic E-state index is 0.253. The van der Waals surface area contributed by atoms with Gasteiger partial charge in [-0.3, -0.25) is 9.78 Å². The second-order valence-electron chi connectivity index (χ2n) is 6.07. The lowest BCUT2D eigenvalue weighted by atomic mass is 10.1. The molecule has 128 valence electrons. The van der Waals surface area contributed by atoms with Crippen molar-refractivity contribution in [3.8, 4) is 5.69 Å². The van der Waals surface area contributed by atoms with Gasteiger partial charge in [0.05, 0.1) is 22.3 Å². The highest BCUT2D eigenvalue weighted by Gasteiger charge is 2.17. The maximum atomic E-state index is 12.5. The van der Waals surface area contributed by atoms with Gasteiger partial charge in [-0.25, -0.2) is 0 Å². The van der Waals surface area contributed by atoms with Gasteiger partial charge >= 0.3 is 0 Å². The largest absolute Gasteiger partial charge is 0.370 e. The molecule has 0 aliphatic rings. The van der Waals surface area contributed by atoms with E-state index in [4.69, 9.17) is 11.5 Å². The van der Waals surface area contributed by atoms with E-state index in [1.165, 1.54) is 0 Å². The van der Waals surface area contributed by atoms with Crippen molar-refractivity contribution in [2.24, 2.45) is 16.5 Å². The lowest BCUT2D eigenvalue weighted by Crippen LogP contribution is -2.24. The molecular weight excluding hydrogens is 326 g/mol. The van der Waals surface area contributed by atoms with Crippen molar-refractivity contribution in [2.75, 3.05) is 0 Å². The van der Waals surface area contributed by atoms with Crippen LogP contribution in [0, 0.1) is 6.92 Å². The normalized spacial score (nSPS) is 11.0. The topological polar surface area (TPSA) is 99.3 Å². The first-order chi connectivity index (χ1) is 12.5. The van der Waals surface area contributed by atoms with E-state index in [2.05, 4.69) is 9.98 Å². The average molecular weight is 343 g/mol. The molecule has 2 heterocycles. The molecule has 0 spiro atoms. The number of benzene rings is 2. The minimum atomic E-state index is -0.463. The van der Waals surface area contributed by atoms with Gasteiger partial charge in [-0.1, -0.05) is 36.4 Å². The highest BCUT2D eigenvalue weighted by atomic mass is 16.1. The summed E-state index contributed by atoms with van der Waals surface area (Å²) in [5.41, 5.74) is 14.9. The Bertz CT molecular complexity index is 1190. The van der Waals surface area contributed by atoms with E-state index in [-0.39, 0.29) is 5.96 Å². The Labute approximate surface area is 149 Å². The monoisotopic (exact) mass is 343 g/mol. The zero-order valence-electron chi connectivity index (χ0n) is 14.2. The van der Waals surface area contributed by atoms with Gasteiger partial charge in [-0.05, 0) is 25.1 Å². The summed E-state index contributed by atoms with van der Waals surface area (Å²) in [6, 6.07) is 17.6. The van der Waals surface area contributed by atoms with Gasteiger partial charge in [0.1, 0.15) is 0 Å². The first-order valence-corrected chi connectivity index (χ1v) is 8.15. The smallest absolute Gasteiger partial charge is 0.282 e. The van der Waals surface area contributed by atoms with Crippen LogP contribution >= 0.6 is 0 Å². The van der Waals surface area contributed by atoms with Crippen molar-refractivity contribution in [3.05, 3.63) is 72.1 Å². The summed E-state index contributed by atoms with van der Waals surface area (Å²) < 4.78 is 1.99. The summed E-state index contributed by atoms with van der Waals surface area (Å²) in [5, 5.41) is 1.79. The van der Waals surface area contributed by atoms with Gasteiger partial charge in [0.25, 0.3) is 5.91 Å². The number of aryl methyl sites for hydroxylation is 1. The number of pyridine rings is 1. The van der Waals surface area contributed by atoms with Crippen LogP contribution < -0.4 is 11.5 Å². The van der Waals surface area contributed by atoms with Crippen LogP contribution in [0.5, 0.6) is 0 Å². The van der Waals surface area contributed by atoms with E-state index in [0.29, 0.717) is 5.56 Å². The van der Waals surface area contributed by atoms with Crippen LogP contribution in [0.15, 0.2) is 65.8 Å². The fourth-order valence-corrected chi connectivity index (χ4v) is 3.21. The molecule has 2 aromatic carbocycles. The zero-order chi connectivity index (χ0) is 18.3. The number of rotatable bonds is 2. The average Bonchev–Trinajstić information content (AvgIpc) is 3.00. The zero-order valence-corrected chi connectivity index (χ0v) is 14.2. The molecule has 0 unspecified atom stereocenters. The van der Waals surface area contributed by atoms with E-state index in [9.17, 15) is 4.79 Å². The van der Waals surface area contributed by atoms with Crippen molar-refractivity contribution in [3.63, 3.8) is 0 Å². The maximum absolute atomic E-state index is 12.5. The summed E-state index contributed by atoms with van der Waals surface area (Å²) in [5.74, 6) is -0.716. The standard InChI is InChI=1S/C20H17N5O/c1-12-10-18(14-7-2-4-8-16(14)23-12)25-11-15(19(26)24-20(21)22)13-6-3-5-9-17(13)25/h2-11H,1H3,(H4,21,22,24,26). The fraction of sp³-hybridized carbons (Fsp3) is 0.0500. The van der Waals surface area contributed by atoms with Gasteiger partial charge in [-0.15, -0.1) is 0 Å². The van der Waals surface area contributed by atoms with Gasteiger partial charge in [-0.2, -0.15) is 4.99 Å². The Balaban J connectivity index is 2.05. The van der Waals surface area contributed by atoms with Crippen molar-refractivity contribution in [1.82, 2.24) is 9.55 Å². The van der Waals surface area contributed by atoms with Gasteiger partial charge in [0, 0.05) is 22.7 Å². The predicted molar refractivity (Wildman–Crippen MR) is 103 cm³/mol. The molecular formula is C20H17N5O. The van der Waals surface area contributed by atoms with E-state index >= 15 is 0 Å². The number of carbonyl (C=O) groups is 1. The maximum Gasteiger partial charge on any atom is 0.282 e. The number of aliphatic imine (C=N–C) groups is 1. The summed E-state index contributed by atoms with van der Waals surface area (Å²) in [7, 11) is 0. The van der Waals surface area contributed by atoms with Crippen molar-refractivity contribution >= 4 is 33.7 Å². The summed E-state index contributed by atoms with van der Waals surface area (Å²) >= 11 is 0. The number of para-hydroxylation sites is 2. The van der Waals surface area contributed by atoms with E-state index in [0.717, 1.165) is 33.2 Å². The number of nitrogens with zero attached hydrogens (tertiary/aromatic N) is 3. The third-order valence-corrected chi connectivity index (χ3v) is 4.25. The molecule has 26 heavy (non-hydrogen) atoms. The summed E-state index contributed by atoms with van der Waals surface area (Å²) in [4.78, 5) is 20.8. The predicted octanol–water partition coefficient (Wildman–Crippen LogP) is 2.90. The Morgan fingerprint density at radius 3 is 2.50 bits per heavy atom. The number of guanidine groups is 1. The van der Waals surface area contributed by atoms with Gasteiger partial charge in [0.15, 0.2) is 5.96 Å². The molecule has 6 heteroatoms. The lowest BCUT2D eigenvalue weighted by Gasteiger charge is -2.10.